The molecule has 0 saturated carbocycles. The molecule has 0 radical (unpaired) electrons. The maximum atomic E-state index is 12.1. The highest BCUT2D eigenvalue weighted by Gasteiger charge is 2.26. The van der Waals surface area contributed by atoms with Crippen molar-refractivity contribution in [3.8, 4) is 0 Å². The van der Waals surface area contributed by atoms with E-state index in [0.29, 0.717) is 5.52 Å². The Balaban J connectivity index is 2.73. The highest BCUT2D eigenvalue weighted by Crippen LogP contribution is 2.29. The van der Waals surface area contributed by atoms with Gasteiger partial charge in [-0.15, -0.1) is 12.6 Å². The maximum absolute atomic E-state index is 12.1. The second-order valence-electron chi connectivity index (χ2n) is 4.47. The van der Waals surface area contributed by atoms with Gasteiger partial charge < -0.3 is 13.9 Å². The number of rotatable bonds is 4. The van der Waals surface area contributed by atoms with Crippen LogP contribution in [-0.2, 0) is 9.47 Å². The van der Waals surface area contributed by atoms with Gasteiger partial charge in [-0.1, -0.05) is 0 Å². The van der Waals surface area contributed by atoms with E-state index in [1.54, 1.807) is 24.4 Å². The van der Waals surface area contributed by atoms with Crippen molar-refractivity contribution in [2.75, 3.05) is 13.2 Å². The molecule has 0 bridgehead atoms. The summed E-state index contributed by atoms with van der Waals surface area (Å²) >= 11 is 4.35. The summed E-state index contributed by atoms with van der Waals surface area (Å²) in [5, 5.41) is 0. The number of esters is 2. The molecule has 2 aromatic rings. The van der Waals surface area contributed by atoms with Gasteiger partial charge in [0.1, 0.15) is 5.69 Å². The number of nitrogens with zero attached hydrogens (tertiary/aromatic N) is 1. The summed E-state index contributed by atoms with van der Waals surface area (Å²) in [6.07, 6.45) is 1.72. The molecular weight excluding hydrogens is 290 g/mol. The fourth-order valence-corrected chi connectivity index (χ4v) is 2.55. The number of ether oxygens (including phenoxy) is 2. The van der Waals surface area contributed by atoms with E-state index in [-0.39, 0.29) is 29.4 Å². The molecule has 0 saturated heterocycles. The van der Waals surface area contributed by atoms with Gasteiger partial charge in [-0.3, -0.25) is 0 Å². The summed E-state index contributed by atoms with van der Waals surface area (Å²) in [6.45, 7) is 5.86. The van der Waals surface area contributed by atoms with Crippen LogP contribution in [0.1, 0.15) is 40.3 Å². The zero-order chi connectivity index (χ0) is 15.6. The highest BCUT2D eigenvalue weighted by atomic mass is 32.1. The van der Waals surface area contributed by atoms with Crippen LogP contribution in [0, 0.1) is 6.92 Å². The molecule has 21 heavy (non-hydrogen) atoms. The number of fused-ring (bicyclic) bond motifs is 1. The first-order valence-electron chi connectivity index (χ1n) is 6.69. The van der Waals surface area contributed by atoms with E-state index in [0.717, 1.165) is 5.56 Å². The Morgan fingerprint density at radius 1 is 1.19 bits per heavy atom. The number of hydrogen-bond acceptors (Lipinski definition) is 5. The van der Waals surface area contributed by atoms with Crippen molar-refractivity contribution in [1.29, 1.82) is 0 Å². The Morgan fingerprint density at radius 2 is 1.81 bits per heavy atom. The van der Waals surface area contributed by atoms with Crippen molar-refractivity contribution < 1.29 is 19.1 Å². The van der Waals surface area contributed by atoms with Gasteiger partial charge in [0.05, 0.1) is 29.2 Å². The number of pyridine rings is 1. The third kappa shape index (κ3) is 2.76. The molecule has 5 nitrogen and oxygen atoms in total. The first kappa shape index (κ1) is 15.4. The number of hydrogen-bond donors (Lipinski definition) is 1. The van der Waals surface area contributed by atoms with Gasteiger partial charge in [-0.05, 0) is 38.5 Å². The lowest BCUT2D eigenvalue weighted by Gasteiger charge is -2.03. The third-order valence-corrected chi connectivity index (χ3v) is 3.45. The number of carbonyl (C=O) groups is 2. The van der Waals surface area contributed by atoms with E-state index < -0.39 is 11.9 Å². The van der Waals surface area contributed by atoms with E-state index in [1.807, 2.05) is 19.1 Å². The number of aryl methyl sites for hydroxylation is 1. The topological polar surface area (TPSA) is 57.0 Å². The summed E-state index contributed by atoms with van der Waals surface area (Å²) in [6, 6.07) is 3.66. The molecule has 0 aliphatic heterocycles. The van der Waals surface area contributed by atoms with E-state index in [2.05, 4.69) is 12.6 Å². The van der Waals surface area contributed by atoms with Gasteiger partial charge in [0.25, 0.3) is 0 Å². The molecule has 2 rings (SSSR count). The monoisotopic (exact) mass is 307 g/mol. The Morgan fingerprint density at radius 3 is 2.43 bits per heavy atom. The second kappa shape index (κ2) is 6.22. The van der Waals surface area contributed by atoms with Crippen LogP contribution in [0.2, 0.25) is 0 Å². The summed E-state index contributed by atoms with van der Waals surface area (Å²) in [5.41, 5.74) is 2.07. The Kier molecular flexibility index (Phi) is 4.57. The van der Waals surface area contributed by atoms with Crippen LogP contribution in [0.3, 0.4) is 0 Å². The minimum atomic E-state index is -0.517. The van der Waals surface area contributed by atoms with Crippen LogP contribution >= 0.6 is 12.6 Å². The Bertz CT molecular complexity index is 705. The Hall–Kier alpha value is -1.95. The lowest BCUT2D eigenvalue weighted by atomic mass is 10.2. The predicted octanol–water partition coefficient (Wildman–Crippen LogP) is 2.89. The normalized spacial score (nSPS) is 10.7. The van der Waals surface area contributed by atoms with E-state index in [4.69, 9.17) is 9.47 Å². The van der Waals surface area contributed by atoms with Crippen LogP contribution in [0.25, 0.3) is 5.52 Å². The van der Waals surface area contributed by atoms with Gasteiger partial charge >= 0.3 is 11.9 Å². The minimum Gasteiger partial charge on any atom is -0.462 e. The quantitative estimate of drug-likeness (QED) is 0.697. The molecule has 2 aromatic heterocycles. The summed E-state index contributed by atoms with van der Waals surface area (Å²) in [5.74, 6) is -1.02. The van der Waals surface area contributed by atoms with E-state index in [9.17, 15) is 9.59 Å². The average molecular weight is 307 g/mol. The van der Waals surface area contributed by atoms with Crippen molar-refractivity contribution in [3.05, 3.63) is 35.2 Å². The lowest BCUT2D eigenvalue weighted by Crippen LogP contribution is -2.09. The molecule has 0 fully saturated rings. The highest BCUT2D eigenvalue weighted by molar-refractivity contribution is 7.80. The minimum absolute atomic E-state index is 0.234. The van der Waals surface area contributed by atoms with Gasteiger partial charge in [0.2, 0.25) is 0 Å². The van der Waals surface area contributed by atoms with Gasteiger partial charge in [-0.2, -0.15) is 0 Å². The van der Waals surface area contributed by atoms with E-state index in [1.165, 1.54) is 0 Å². The fraction of sp³-hybridized carbons (Fsp3) is 0.333. The maximum Gasteiger partial charge on any atom is 0.356 e. The molecular formula is C15H17NO4S. The van der Waals surface area contributed by atoms with Crippen LogP contribution in [0.4, 0.5) is 0 Å². The van der Waals surface area contributed by atoms with Crippen LogP contribution in [0.5, 0.6) is 0 Å². The second-order valence-corrected chi connectivity index (χ2v) is 4.92. The van der Waals surface area contributed by atoms with Crippen molar-refractivity contribution in [2.45, 2.75) is 25.7 Å². The van der Waals surface area contributed by atoms with Crippen LogP contribution in [0.15, 0.2) is 23.2 Å². The fourth-order valence-electron chi connectivity index (χ4n) is 2.15. The SMILES string of the molecule is CCOC(=O)c1c(S)c(C(=O)OCC)n2ccc(C)cc12. The molecule has 112 valence electrons. The number of aromatic nitrogens is 1. The molecule has 0 spiro atoms. The van der Waals surface area contributed by atoms with Crippen molar-refractivity contribution >= 4 is 30.1 Å². The lowest BCUT2D eigenvalue weighted by molar-refractivity contribution is 0.0514. The van der Waals surface area contributed by atoms with Crippen molar-refractivity contribution in [1.82, 2.24) is 4.40 Å². The largest absolute Gasteiger partial charge is 0.462 e. The molecule has 0 aliphatic carbocycles. The van der Waals surface area contributed by atoms with Crippen molar-refractivity contribution in [3.63, 3.8) is 0 Å². The molecule has 0 aliphatic rings. The Labute approximate surface area is 128 Å². The van der Waals surface area contributed by atoms with E-state index >= 15 is 0 Å². The predicted molar refractivity (Wildman–Crippen MR) is 81.3 cm³/mol. The molecule has 2 heterocycles. The summed E-state index contributed by atoms with van der Waals surface area (Å²) in [7, 11) is 0. The first-order valence-corrected chi connectivity index (χ1v) is 7.13. The molecule has 0 unspecified atom stereocenters. The summed E-state index contributed by atoms with van der Waals surface area (Å²) < 4.78 is 11.7. The number of carbonyl (C=O) groups excluding carboxylic acids is 2. The van der Waals surface area contributed by atoms with Crippen molar-refractivity contribution in [2.24, 2.45) is 0 Å². The third-order valence-electron chi connectivity index (χ3n) is 3.02. The van der Waals surface area contributed by atoms with Gasteiger partial charge in [0, 0.05) is 6.20 Å². The molecule has 0 N–H and O–H groups in total. The zero-order valence-electron chi connectivity index (χ0n) is 12.2. The zero-order valence-corrected chi connectivity index (χ0v) is 13.1. The standard InChI is InChI=1S/C15H17NO4S/c1-4-19-14(17)11-10-8-9(3)6-7-16(10)12(13(11)21)15(18)20-5-2/h6-8,21H,4-5H2,1-3H3. The van der Waals surface area contributed by atoms with Gasteiger partial charge in [-0.25, -0.2) is 9.59 Å². The molecule has 6 heteroatoms. The molecule has 0 atom stereocenters. The average Bonchev–Trinajstić information content (AvgIpc) is 2.70. The smallest absolute Gasteiger partial charge is 0.356 e. The first-order chi connectivity index (χ1) is 10.0. The molecule has 0 amide bonds. The van der Waals surface area contributed by atoms with Crippen LogP contribution in [-0.4, -0.2) is 29.6 Å². The summed E-state index contributed by atoms with van der Waals surface area (Å²) in [4.78, 5) is 24.5. The van der Waals surface area contributed by atoms with Crippen LogP contribution < -0.4 is 0 Å². The van der Waals surface area contributed by atoms with Gasteiger partial charge in [0.15, 0.2) is 0 Å². The number of thiol groups is 1. The molecule has 0 aromatic carbocycles.